The molecule has 28 nitrogen and oxygen atoms in total. The molecule has 0 aliphatic carbocycles. The molecule has 0 aromatic carbocycles. The molecule has 4 aliphatic rings. The van der Waals surface area contributed by atoms with E-state index in [0.717, 1.165) is 33.7 Å². The van der Waals surface area contributed by atoms with Crippen LogP contribution in [0.1, 0.15) is 87.1 Å². The van der Waals surface area contributed by atoms with Crippen molar-refractivity contribution in [3.8, 4) is 0 Å². The van der Waals surface area contributed by atoms with Crippen LogP contribution in [0.4, 0.5) is 0 Å². The minimum absolute atomic E-state index is 0. The van der Waals surface area contributed by atoms with Crippen LogP contribution in [0.3, 0.4) is 0 Å². The van der Waals surface area contributed by atoms with Crippen molar-refractivity contribution >= 4 is 95.8 Å². The molecule has 6 N–H and O–H groups in total. The number of ether oxygens (including phenoxy) is 2. The van der Waals surface area contributed by atoms with Gasteiger partial charge in [-0.1, -0.05) is 59.4 Å². The third-order valence-corrected chi connectivity index (χ3v) is 8.86. The van der Waals surface area contributed by atoms with Crippen LogP contribution in [-0.4, -0.2) is 191 Å². The van der Waals surface area contributed by atoms with Crippen molar-refractivity contribution in [3.63, 3.8) is 0 Å². The van der Waals surface area contributed by atoms with Crippen LogP contribution in [0, 0.1) is 10.8 Å². The Labute approximate surface area is 396 Å². The number of aliphatic carboxylic acids is 2. The number of hydrogen-bond donors (Lipinski definition) is 6. The number of likely N-dealkylation sites (N-methyl/N-ethyl adjacent to an activating group) is 4. The highest BCUT2D eigenvalue weighted by Gasteiger charge is 2.80. The lowest BCUT2D eigenvalue weighted by molar-refractivity contribution is -0.201. The van der Waals surface area contributed by atoms with Crippen LogP contribution >= 0.6 is 0 Å². The van der Waals surface area contributed by atoms with Gasteiger partial charge in [-0.3, -0.25) is 86.7 Å². The zero-order valence-electron chi connectivity index (χ0n) is 33.0. The van der Waals surface area contributed by atoms with Crippen molar-refractivity contribution in [1.82, 2.24) is 40.9 Å². The standard InChI is InChI=1S/2C8H12N2O6.2C8H8N2O4.8CH4/c2*1-3-10-6(13)8(7(14)15,16-4-11)5(12)9-2;2*1-3-10-6(13)8(7(10)14)4(11)9(2)5(8)12;;;;;;;;/h2*4H,3H2,1-2H3,(H,9,12)(H,10,13)(H,14,15);2*3H2,1-2H3;8*1H4. The summed E-state index contributed by atoms with van der Waals surface area (Å²) in [5.74, 6) is -14.2. The molecule has 0 saturated carbocycles. The van der Waals surface area contributed by atoms with Crippen LogP contribution in [0.2, 0.25) is 0 Å². The molecule has 392 valence electrons. The number of likely N-dealkylation sites (tertiary alicyclic amines) is 4. The molecule has 0 aromatic heterocycles. The third kappa shape index (κ3) is 11.3. The molecule has 0 radical (unpaired) electrons. The number of carbonyl (C=O) groups is 16. The van der Waals surface area contributed by atoms with Crippen LogP contribution < -0.4 is 21.3 Å². The molecule has 28 heteroatoms. The first-order valence-corrected chi connectivity index (χ1v) is 17.0. The molecule has 2 spiro atoms. The van der Waals surface area contributed by atoms with Gasteiger partial charge in [0.25, 0.3) is 94.7 Å². The van der Waals surface area contributed by atoms with E-state index in [1.54, 1.807) is 13.8 Å². The van der Waals surface area contributed by atoms with Gasteiger partial charge >= 0.3 is 23.1 Å². The second-order valence-electron chi connectivity index (χ2n) is 11.8. The fourth-order valence-electron chi connectivity index (χ4n) is 5.62. The maximum absolute atomic E-state index is 11.5. The molecule has 2 unspecified atom stereocenters. The van der Waals surface area contributed by atoms with E-state index in [2.05, 4.69) is 20.1 Å². The first kappa shape index (κ1) is 77.5. The second kappa shape index (κ2) is 29.8. The largest absolute Gasteiger partial charge is 0.477 e. The highest BCUT2D eigenvalue weighted by atomic mass is 16.6. The minimum atomic E-state index is -2.88. The number of amides is 12. The predicted molar refractivity (Wildman–Crippen MR) is 240 cm³/mol. The smallest absolute Gasteiger partial charge is 0.368 e. The topological polar surface area (TPSA) is 393 Å². The summed E-state index contributed by atoms with van der Waals surface area (Å²) in [6.45, 7) is 6.31. The van der Waals surface area contributed by atoms with Crippen LogP contribution in [0.15, 0.2) is 0 Å². The van der Waals surface area contributed by atoms with E-state index in [0.29, 0.717) is 0 Å². The first-order valence-electron chi connectivity index (χ1n) is 17.0. The third-order valence-electron chi connectivity index (χ3n) is 8.86. The van der Waals surface area contributed by atoms with Gasteiger partial charge in [0.15, 0.2) is 0 Å². The highest BCUT2D eigenvalue weighted by Crippen LogP contribution is 2.44. The number of carboxylic acids is 2. The first-order chi connectivity index (χ1) is 27.9. The van der Waals surface area contributed by atoms with Gasteiger partial charge in [0.1, 0.15) is 0 Å². The monoisotopic (exact) mass is 984 g/mol. The van der Waals surface area contributed by atoms with Gasteiger partial charge in [0.05, 0.1) is 0 Å². The number of carbonyl (C=O) groups excluding carboxylic acids is 14. The van der Waals surface area contributed by atoms with E-state index in [4.69, 9.17) is 10.2 Å². The van der Waals surface area contributed by atoms with Crippen molar-refractivity contribution in [2.75, 3.05) is 54.4 Å². The summed E-state index contributed by atoms with van der Waals surface area (Å²) in [6.07, 6.45) is 0. The molecule has 68 heavy (non-hydrogen) atoms. The maximum Gasteiger partial charge on any atom is 0.368 e. The Morgan fingerprint density at radius 1 is 0.485 bits per heavy atom. The highest BCUT2D eigenvalue weighted by molar-refractivity contribution is 6.53. The Morgan fingerprint density at radius 3 is 0.853 bits per heavy atom. The van der Waals surface area contributed by atoms with Gasteiger partial charge in [-0.2, -0.15) is 0 Å². The minimum Gasteiger partial charge on any atom is -0.477 e. The van der Waals surface area contributed by atoms with E-state index in [-0.39, 0.29) is 98.5 Å². The normalized spacial score (nSPS) is 16.1. The molecule has 4 fully saturated rings. The lowest BCUT2D eigenvalue weighted by Crippen LogP contribution is -2.83. The maximum atomic E-state index is 11.5. The molecule has 12 amide bonds. The van der Waals surface area contributed by atoms with Crippen molar-refractivity contribution < 1.29 is 96.4 Å². The fourth-order valence-corrected chi connectivity index (χ4v) is 5.62. The summed E-state index contributed by atoms with van der Waals surface area (Å²) in [6, 6.07) is 0. The quantitative estimate of drug-likeness (QED) is 0.0597. The Balaban J connectivity index is -0.000000113. The van der Waals surface area contributed by atoms with Gasteiger partial charge in [0, 0.05) is 54.4 Å². The summed E-state index contributed by atoms with van der Waals surface area (Å²) >= 11 is 0. The van der Waals surface area contributed by atoms with E-state index in [1.807, 2.05) is 10.6 Å². The number of nitrogens with zero attached hydrogens (tertiary/aromatic N) is 4. The SMILES string of the molecule is C.C.C.C.C.C.C.C.CCN1C(=O)C2(C(=O)N(C)C2=O)C1=O.CCN1C(=O)C2(C(=O)N(C)C2=O)C1=O.CCNC(=O)C(OC=O)(C(=O)O)C(=O)NC.CCNC(=O)C(OC=O)(C(=O)O)C(=O)NC. The summed E-state index contributed by atoms with van der Waals surface area (Å²) in [7, 11) is 4.75. The molecular weight excluding hydrogens is 912 g/mol. The van der Waals surface area contributed by atoms with E-state index >= 15 is 0 Å². The van der Waals surface area contributed by atoms with Crippen LogP contribution in [0.5, 0.6) is 0 Å². The zero-order chi connectivity index (χ0) is 46.9. The van der Waals surface area contributed by atoms with Crippen molar-refractivity contribution in [3.05, 3.63) is 0 Å². The van der Waals surface area contributed by atoms with Crippen LogP contribution in [-0.2, 0) is 86.2 Å². The lowest BCUT2D eigenvalue weighted by Gasteiger charge is -2.51. The Kier molecular flexibility index (Phi) is 34.0. The lowest BCUT2D eigenvalue weighted by atomic mass is 9.69. The Hall–Kier alpha value is -7.68. The Bertz CT molecular complexity index is 1750. The number of rotatable bonds is 14. The fraction of sp³-hybridized carbons (Fsp3) is 0.600. The predicted octanol–water partition coefficient (Wildman–Crippen LogP) is -2.46. The zero-order valence-corrected chi connectivity index (χ0v) is 33.0. The Morgan fingerprint density at radius 2 is 0.706 bits per heavy atom. The summed E-state index contributed by atoms with van der Waals surface area (Å²) in [5, 5.41) is 25.8. The molecule has 4 heterocycles. The molecule has 4 aliphatic heterocycles. The summed E-state index contributed by atoms with van der Waals surface area (Å²) in [4.78, 5) is 182. The van der Waals surface area contributed by atoms with Gasteiger partial charge in [0.2, 0.25) is 0 Å². The van der Waals surface area contributed by atoms with Crippen molar-refractivity contribution in [2.45, 2.75) is 98.3 Å². The van der Waals surface area contributed by atoms with E-state index in [9.17, 15) is 76.7 Å². The number of carboxylic acid groups (broad SMARTS) is 2. The molecule has 0 bridgehead atoms. The van der Waals surface area contributed by atoms with Crippen LogP contribution in [0.25, 0.3) is 0 Å². The molecule has 4 rings (SSSR count). The molecule has 4 saturated heterocycles. The van der Waals surface area contributed by atoms with Crippen molar-refractivity contribution in [2.24, 2.45) is 10.8 Å². The number of nitrogens with one attached hydrogen (secondary N) is 4. The second-order valence-corrected chi connectivity index (χ2v) is 11.8. The average Bonchev–Trinajstić information content (AvgIpc) is 3.22. The molecule has 0 aromatic rings. The molecular formula is C40H72N8O20. The number of β-lactam (4-membered cyclic amide) rings is 8. The molecule has 2 atom stereocenters. The number of imide groups is 4. The summed E-state index contributed by atoms with van der Waals surface area (Å²) in [5.41, 5.74) is -9.73. The average molecular weight is 985 g/mol. The van der Waals surface area contributed by atoms with Gasteiger partial charge in [-0.25, -0.2) is 9.59 Å². The van der Waals surface area contributed by atoms with Gasteiger partial charge < -0.3 is 41.0 Å². The summed E-state index contributed by atoms with van der Waals surface area (Å²) < 4.78 is 8.31. The van der Waals surface area contributed by atoms with E-state index in [1.165, 1.54) is 27.9 Å². The number of hydrogen-bond acceptors (Lipinski definition) is 18. The van der Waals surface area contributed by atoms with Gasteiger partial charge in [-0.15, -0.1) is 0 Å². The van der Waals surface area contributed by atoms with Crippen molar-refractivity contribution in [1.29, 1.82) is 0 Å². The van der Waals surface area contributed by atoms with Gasteiger partial charge in [-0.05, 0) is 27.7 Å². The van der Waals surface area contributed by atoms with E-state index < -0.39 is 105 Å².